The summed E-state index contributed by atoms with van der Waals surface area (Å²) in [5.74, 6) is -0.142. The molecule has 0 aliphatic rings. The fourth-order valence-corrected chi connectivity index (χ4v) is 3.32. The minimum Gasteiger partial charge on any atom is -0.450 e. The maximum absolute atomic E-state index is 12.4. The Morgan fingerprint density at radius 3 is 2.58 bits per heavy atom. The quantitative estimate of drug-likeness (QED) is 0.424. The van der Waals surface area contributed by atoms with Gasteiger partial charge in [0.1, 0.15) is 0 Å². The molecule has 3 aromatic rings. The number of carbonyl (C=O) groups excluding carboxylic acids is 2. The molecule has 0 radical (unpaired) electrons. The minimum absolute atomic E-state index is 0.142. The van der Waals surface area contributed by atoms with Crippen molar-refractivity contribution in [1.82, 2.24) is 20.0 Å². The SMILES string of the molecule is CCOC(=O)Nc1cccc(Cn2nc(-c3ccc(/C=C/C(=O)NCCN(C)C)cc3)ccc2=O)c1. The first-order valence-electron chi connectivity index (χ1n) is 11.7. The summed E-state index contributed by atoms with van der Waals surface area (Å²) in [6.45, 7) is 3.62. The van der Waals surface area contributed by atoms with Crippen molar-refractivity contribution in [3.63, 3.8) is 0 Å². The number of rotatable bonds is 10. The van der Waals surface area contributed by atoms with E-state index in [-0.39, 0.29) is 24.6 Å². The maximum atomic E-state index is 12.4. The van der Waals surface area contributed by atoms with Gasteiger partial charge in [-0.25, -0.2) is 9.48 Å². The van der Waals surface area contributed by atoms with Crippen LogP contribution in [0.4, 0.5) is 10.5 Å². The predicted octanol–water partition coefficient (Wildman–Crippen LogP) is 3.22. The average Bonchev–Trinajstić information content (AvgIpc) is 2.84. The topological polar surface area (TPSA) is 106 Å². The normalized spacial score (nSPS) is 11.0. The number of anilines is 1. The molecule has 36 heavy (non-hydrogen) atoms. The van der Waals surface area contributed by atoms with E-state index in [1.54, 1.807) is 37.3 Å². The van der Waals surface area contributed by atoms with Crippen molar-refractivity contribution in [3.8, 4) is 11.3 Å². The lowest BCUT2D eigenvalue weighted by Crippen LogP contribution is -2.30. The second-order valence-electron chi connectivity index (χ2n) is 8.31. The number of nitrogens with zero attached hydrogens (tertiary/aromatic N) is 3. The molecule has 0 aliphatic carbocycles. The minimum atomic E-state index is -0.532. The number of amides is 2. The van der Waals surface area contributed by atoms with E-state index in [2.05, 4.69) is 15.7 Å². The summed E-state index contributed by atoms with van der Waals surface area (Å²) in [4.78, 5) is 38.0. The molecule has 1 heterocycles. The van der Waals surface area contributed by atoms with E-state index < -0.39 is 6.09 Å². The van der Waals surface area contributed by atoms with E-state index in [1.165, 1.54) is 16.8 Å². The van der Waals surface area contributed by atoms with Crippen molar-refractivity contribution in [2.45, 2.75) is 13.5 Å². The second kappa shape index (κ2) is 13.0. The van der Waals surface area contributed by atoms with Gasteiger partial charge in [-0.3, -0.25) is 14.9 Å². The van der Waals surface area contributed by atoms with Crippen LogP contribution in [0.3, 0.4) is 0 Å². The van der Waals surface area contributed by atoms with Crippen LogP contribution in [0.5, 0.6) is 0 Å². The van der Waals surface area contributed by atoms with Gasteiger partial charge >= 0.3 is 6.09 Å². The number of ether oxygens (including phenoxy) is 1. The molecule has 0 unspecified atom stereocenters. The molecule has 9 heteroatoms. The summed E-state index contributed by atoms with van der Waals surface area (Å²) in [6, 6.07) is 17.9. The van der Waals surface area contributed by atoms with Crippen molar-refractivity contribution in [2.75, 3.05) is 39.1 Å². The Bertz CT molecular complexity index is 1270. The van der Waals surface area contributed by atoms with Crippen molar-refractivity contribution in [2.24, 2.45) is 0 Å². The summed E-state index contributed by atoms with van der Waals surface area (Å²) in [7, 11) is 3.90. The highest BCUT2D eigenvalue weighted by Crippen LogP contribution is 2.18. The Labute approximate surface area is 210 Å². The van der Waals surface area contributed by atoms with Crippen molar-refractivity contribution >= 4 is 23.8 Å². The van der Waals surface area contributed by atoms with E-state index in [0.29, 0.717) is 17.9 Å². The monoisotopic (exact) mass is 489 g/mol. The second-order valence-corrected chi connectivity index (χ2v) is 8.31. The van der Waals surface area contributed by atoms with E-state index in [9.17, 15) is 14.4 Å². The van der Waals surface area contributed by atoms with Crippen LogP contribution in [-0.4, -0.2) is 60.5 Å². The van der Waals surface area contributed by atoms with Gasteiger partial charge in [0.15, 0.2) is 0 Å². The van der Waals surface area contributed by atoms with Gasteiger partial charge in [0.05, 0.1) is 18.8 Å². The van der Waals surface area contributed by atoms with E-state index in [4.69, 9.17) is 4.74 Å². The van der Waals surface area contributed by atoms with E-state index in [1.807, 2.05) is 49.3 Å². The fourth-order valence-electron chi connectivity index (χ4n) is 3.32. The lowest BCUT2D eigenvalue weighted by Gasteiger charge is -2.10. The third kappa shape index (κ3) is 8.21. The van der Waals surface area contributed by atoms with Crippen LogP contribution in [0.2, 0.25) is 0 Å². The summed E-state index contributed by atoms with van der Waals surface area (Å²) in [5.41, 5.74) is 3.51. The number of carbonyl (C=O) groups is 2. The van der Waals surface area contributed by atoms with E-state index in [0.717, 1.165) is 23.2 Å². The van der Waals surface area contributed by atoms with Crippen LogP contribution in [-0.2, 0) is 16.1 Å². The molecular formula is C27H31N5O4. The molecule has 0 atom stereocenters. The highest BCUT2D eigenvalue weighted by atomic mass is 16.5. The summed E-state index contributed by atoms with van der Waals surface area (Å²) >= 11 is 0. The van der Waals surface area contributed by atoms with Gasteiger partial charge in [-0.05, 0) is 56.4 Å². The van der Waals surface area contributed by atoms with Gasteiger partial charge in [0.2, 0.25) is 5.91 Å². The molecule has 0 fully saturated rings. The molecule has 2 amide bonds. The number of benzene rings is 2. The van der Waals surface area contributed by atoms with Crippen molar-refractivity contribution in [1.29, 1.82) is 0 Å². The van der Waals surface area contributed by atoms with Gasteiger partial charge < -0.3 is 15.0 Å². The lowest BCUT2D eigenvalue weighted by molar-refractivity contribution is -0.116. The van der Waals surface area contributed by atoms with Crippen molar-refractivity contribution < 1.29 is 14.3 Å². The molecule has 9 nitrogen and oxygen atoms in total. The third-order valence-corrected chi connectivity index (χ3v) is 5.14. The first kappa shape index (κ1) is 26.4. The first-order chi connectivity index (χ1) is 17.3. The Kier molecular flexibility index (Phi) is 9.53. The van der Waals surface area contributed by atoms with Gasteiger partial charge in [0.25, 0.3) is 5.56 Å². The number of nitrogens with one attached hydrogen (secondary N) is 2. The van der Waals surface area contributed by atoms with Crippen LogP contribution >= 0.6 is 0 Å². The van der Waals surface area contributed by atoms with Gasteiger partial charge in [0, 0.05) is 36.5 Å². The molecule has 188 valence electrons. The summed E-state index contributed by atoms with van der Waals surface area (Å²) < 4.78 is 6.28. The maximum Gasteiger partial charge on any atom is 0.411 e. The molecule has 0 saturated heterocycles. The van der Waals surface area contributed by atoms with Crippen LogP contribution in [0, 0.1) is 0 Å². The molecule has 1 aromatic heterocycles. The molecule has 2 aromatic carbocycles. The predicted molar refractivity (Wildman–Crippen MR) is 141 cm³/mol. The summed E-state index contributed by atoms with van der Waals surface area (Å²) in [5, 5.41) is 10.0. The van der Waals surface area contributed by atoms with E-state index >= 15 is 0 Å². The zero-order chi connectivity index (χ0) is 25.9. The standard InChI is InChI=1S/C27H31N5O4/c1-4-36-27(35)29-23-7-5-6-21(18-23)19-32-26(34)15-13-24(30-32)22-11-8-20(9-12-22)10-14-25(33)28-16-17-31(2)3/h5-15,18H,4,16-17,19H2,1-3H3,(H,28,33)(H,29,35)/b14-10+. The Hall–Kier alpha value is -4.24. The first-order valence-corrected chi connectivity index (χ1v) is 11.7. The average molecular weight is 490 g/mol. The highest BCUT2D eigenvalue weighted by Gasteiger charge is 2.07. The molecular weight excluding hydrogens is 458 g/mol. The van der Waals surface area contributed by atoms with Gasteiger partial charge in [-0.1, -0.05) is 36.4 Å². The van der Waals surface area contributed by atoms with Gasteiger partial charge in [-0.2, -0.15) is 5.10 Å². The molecule has 0 spiro atoms. The van der Waals surface area contributed by atoms with Crippen molar-refractivity contribution in [3.05, 3.63) is 88.2 Å². The highest BCUT2D eigenvalue weighted by molar-refractivity contribution is 5.91. The number of hydrogen-bond acceptors (Lipinski definition) is 6. The number of hydrogen-bond donors (Lipinski definition) is 2. The van der Waals surface area contributed by atoms with Crippen LogP contribution in [0.15, 0.2) is 71.5 Å². The lowest BCUT2D eigenvalue weighted by atomic mass is 10.1. The largest absolute Gasteiger partial charge is 0.450 e. The number of likely N-dealkylation sites (N-methyl/N-ethyl adjacent to an activating group) is 1. The molecule has 0 aliphatic heterocycles. The smallest absolute Gasteiger partial charge is 0.411 e. The van der Waals surface area contributed by atoms with Crippen LogP contribution in [0.25, 0.3) is 17.3 Å². The molecule has 3 rings (SSSR count). The molecule has 2 N–H and O–H groups in total. The zero-order valence-electron chi connectivity index (χ0n) is 20.7. The number of aromatic nitrogens is 2. The Balaban J connectivity index is 1.68. The Morgan fingerprint density at radius 2 is 1.86 bits per heavy atom. The van der Waals surface area contributed by atoms with Crippen LogP contribution < -0.4 is 16.2 Å². The zero-order valence-corrected chi connectivity index (χ0v) is 20.7. The Morgan fingerprint density at radius 1 is 1.08 bits per heavy atom. The van der Waals surface area contributed by atoms with Crippen LogP contribution in [0.1, 0.15) is 18.1 Å². The third-order valence-electron chi connectivity index (χ3n) is 5.14. The van der Waals surface area contributed by atoms with Gasteiger partial charge in [-0.15, -0.1) is 0 Å². The molecule has 0 saturated carbocycles. The summed E-state index contributed by atoms with van der Waals surface area (Å²) in [6.07, 6.45) is 2.73. The fraction of sp³-hybridized carbons (Fsp3) is 0.259. The molecule has 0 bridgehead atoms.